The highest BCUT2D eigenvalue weighted by Gasteiger charge is 2.35. The lowest BCUT2D eigenvalue weighted by atomic mass is 9.82. The van der Waals surface area contributed by atoms with E-state index in [4.69, 9.17) is 9.47 Å². The molecule has 0 radical (unpaired) electrons. The van der Waals surface area contributed by atoms with E-state index in [0.717, 1.165) is 49.5 Å². The average molecular weight is 505 g/mol. The number of alkyl halides is 1. The Kier molecular flexibility index (Phi) is 7.43. The zero-order valence-electron chi connectivity index (χ0n) is 18.3. The number of halogens is 1. The molecule has 1 N–H and O–H groups in total. The van der Waals surface area contributed by atoms with Crippen LogP contribution in [0.5, 0.6) is 0 Å². The summed E-state index contributed by atoms with van der Waals surface area (Å²) in [4.78, 5) is 38.0. The fourth-order valence-corrected chi connectivity index (χ4v) is 5.43. The summed E-state index contributed by atoms with van der Waals surface area (Å²) >= 11 is 3.35. The molecule has 1 aliphatic heterocycles. The van der Waals surface area contributed by atoms with E-state index in [2.05, 4.69) is 21.2 Å². The minimum Gasteiger partial charge on any atom is -0.465 e. The van der Waals surface area contributed by atoms with Crippen LogP contribution in [0.2, 0.25) is 0 Å². The number of nitrogens with one attached hydrogen (secondary N) is 1. The number of hydrogen-bond donors (Lipinski definition) is 1. The third-order valence-corrected chi connectivity index (χ3v) is 7.15. The van der Waals surface area contributed by atoms with Crippen molar-refractivity contribution in [3.63, 3.8) is 0 Å². The fourth-order valence-electron chi connectivity index (χ4n) is 5.16. The molecular weight excluding hydrogens is 476 g/mol. The number of ketones is 1. The first-order valence-electron chi connectivity index (χ1n) is 11.2. The fraction of sp³-hybridized carbons (Fsp3) is 0.542. The number of Topliss-reactive ketones (excluding diaryl/α,β-unsaturated/α-hetero) is 1. The molecule has 32 heavy (non-hydrogen) atoms. The normalized spacial score (nSPS) is 20.8. The van der Waals surface area contributed by atoms with Gasteiger partial charge in [0.15, 0.2) is 5.78 Å². The first kappa shape index (κ1) is 23.1. The number of fused-ring (bicyclic) bond motifs is 1. The van der Waals surface area contributed by atoms with Crippen LogP contribution < -0.4 is 5.32 Å². The first-order valence-corrected chi connectivity index (χ1v) is 12.4. The number of ether oxygens (including phenoxy) is 2. The largest absolute Gasteiger partial charge is 0.465 e. The predicted octanol–water partition coefficient (Wildman–Crippen LogP) is 3.78. The Bertz CT molecular complexity index is 1010. The molecule has 1 aromatic heterocycles. The molecule has 4 rings (SSSR count). The summed E-state index contributed by atoms with van der Waals surface area (Å²) < 4.78 is 12.7. The number of methoxy groups -OCH3 is 1. The molecule has 8 heteroatoms. The van der Waals surface area contributed by atoms with Crippen LogP contribution >= 0.6 is 15.9 Å². The van der Waals surface area contributed by atoms with Gasteiger partial charge in [-0.1, -0.05) is 41.3 Å². The number of carbonyl (C=O) groups is 3. The maximum Gasteiger partial charge on any atom is 0.337 e. The summed E-state index contributed by atoms with van der Waals surface area (Å²) in [5.41, 5.74) is 2.64. The van der Waals surface area contributed by atoms with Crippen molar-refractivity contribution in [1.29, 1.82) is 0 Å². The number of benzene rings is 1. The van der Waals surface area contributed by atoms with Gasteiger partial charge in [0.05, 0.1) is 41.9 Å². The molecule has 0 spiro atoms. The van der Waals surface area contributed by atoms with Gasteiger partial charge >= 0.3 is 5.97 Å². The van der Waals surface area contributed by atoms with E-state index in [1.807, 2.05) is 10.6 Å². The number of carbonyl (C=O) groups excluding carboxylic acids is 3. The SMILES string of the molecule is COC(=O)c1ccc2c(C3CCCCC3)c(C(=O)CBr)n(C(C=O)C3CNCCO3)c2c1. The van der Waals surface area contributed by atoms with Crippen molar-refractivity contribution in [2.75, 3.05) is 32.1 Å². The summed E-state index contributed by atoms with van der Waals surface area (Å²) in [6, 6.07) is 4.69. The quantitative estimate of drug-likeness (QED) is 0.267. The first-order chi connectivity index (χ1) is 15.6. The Labute approximate surface area is 195 Å². The van der Waals surface area contributed by atoms with Crippen molar-refractivity contribution in [3.05, 3.63) is 35.0 Å². The van der Waals surface area contributed by atoms with Crippen LogP contribution in [-0.4, -0.2) is 60.8 Å². The van der Waals surface area contributed by atoms with Gasteiger partial charge in [0.2, 0.25) is 0 Å². The van der Waals surface area contributed by atoms with E-state index < -0.39 is 18.1 Å². The molecule has 1 aromatic carbocycles. The Morgan fingerprint density at radius 2 is 2.09 bits per heavy atom. The van der Waals surface area contributed by atoms with Crippen molar-refractivity contribution in [2.24, 2.45) is 0 Å². The summed E-state index contributed by atoms with van der Waals surface area (Å²) in [6.45, 7) is 1.74. The van der Waals surface area contributed by atoms with Crippen molar-refractivity contribution < 1.29 is 23.9 Å². The molecule has 2 aromatic rings. The van der Waals surface area contributed by atoms with Gasteiger partial charge < -0.3 is 24.2 Å². The Hall–Kier alpha value is -2.03. The lowest BCUT2D eigenvalue weighted by molar-refractivity contribution is -0.115. The van der Waals surface area contributed by atoms with Gasteiger partial charge in [-0.05, 0) is 36.5 Å². The van der Waals surface area contributed by atoms with Gasteiger partial charge in [-0.15, -0.1) is 0 Å². The number of nitrogens with zero attached hydrogens (tertiary/aromatic N) is 1. The minimum absolute atomic E-state index is 0.0722. The lowest BCUT2D eigenvalue weighted by Gasteiger charge is -2.30. The number of morpholine rings is 1. The van der Waals surface area contributed by atoms with Crippen molar-refractivity contribution in [2.45, 2.75) is 50.2 Å². The highest BCUT2D eigenvalue weighted by molar-refractivity contribution is 9.09. The van der Waals surface area contributed by atoms with E-state index in [-0.39, 0.29) is 17.0 Å². The topological polar surface area (TPSA) is 86.6 Å². The summed E-state index contributed by atoms with van der Waals surface area (Å²) in [7, 11) is 1.34. The van der Waals surface area contributed by atoms with Crippen molar-refractivity contribution in [3.8, 4) is 0 Å². The van der Waals surface area contributed by atoms with E-state index >= 15 is 0 Å². The zero-order chi connectivity index (χ0) is 22.7. The molecule has 1 saturated heterocycles. The highest BCUT2D eigenvalue weighted by Crippen LogP contribution is 2.42. The lowest BCUT2D eigenvalue weighted by Crippen LogP contribution is -2.44. The van der Waals surface area contributed by atoms with E-state index in [1.165, 1.54) is 13.5 Å². The van der Waals surface area contributed by atoms with E-state index in [0.29, 0.717) is 29.9 Å². The van der Waals surface area contributed by atoms with Crippen LogP contribution in [0.1, 0.15) is 70.5 Å². The molecule has 1 saturated carbocycles. The number of rotatable bonds is 7. The van der Waals surface area contributed by atoms with Gasteiger partial charge in [0, 0.05) is 18.5 Å². The third kappa shape index (κ3) is 4.28. The second-order valence-corrected chi connectivity index (χ2v) is 9.05. The highest BCUT2D eigenvalue weighted by atomic mass is 79.9. The molecule has 2 atom stereocenters. The number of hydrogen-bond acceptors (Lipinski definition) is 6. The Morgan fingerprint density at radius 1 is 1.31 bits per heavy atom. The zero-order valence-corrected chi connectivity index (χ0v) is 19.9. The summed E-state index contributed by atoms with van der Waals surface area (Å²) in [6.07, 6.45) is 5.90. The van der Waals surface area contributed by atoms with Gasteiger partial charge in [-0.2, -0.15) is 0 Å². The second kappa shape index (κ2) is 10.3. The second-order valence-electron chi connectivity index (χ2n) is 8.49. The van der Waals surface area contributed by atoms with Crippen LogP contribution in [0.4, 0.5) is 0 Å². The van der Waals surface area contributed by atoms with Crippen LogP contribution in [0.15, 0.2) is 18.2 Å². The average Bonchev–Trinajstić information content (AvgIpc) is 3.19. The number of aldehydes is 1. The van der Waals surface area contributed by atoms with Crippen molar-refractivity contribution >= 4 is 44.9 Å². The predicted molar refractivity (Wildman–Crippen MR) is 125 cm³/mol. The molecule has 2 aliphatic rings. The molecule has 0 amide bonds. The maximum absolute atomic E-state index is 13.3. The third-order valence-electron chi connectivity index (χ3n) is 6.64. The minimum atomic E-state index is -0.687. The van der Waals surface area contributed by atoms with E-state index in [9.17, 15) is 14.4 Å². The molecule has 172 valence electrons. The monoisotopic (exact) mass is 504 g/mol. The van der Waals surface area contributed by atoms with Gasteiger partial charge in [-0.3, -0.25) is 4.79 Å². The number of aromatic nitrogens is 1. The van der Waals surface area contributed by atoms with Crippen LogP contribution in [0, 0.1) is 0 Å². The molecule has 2 unspecified atom stereocenters. The smallest absolute Gasteiger partial charge is 0.337 e. The van der Waals surface area contributed by atoms with Crippen LogP contribution in [0.25, 0.3) is 10.9 Å². The molecule has 7 nitrogen and oxygen atoms in total. The van der Waals surface area contributed by atoms with Crippen LogP contribution in [0.3, 0.4) is 0 Å². The van der Waals surface area contributed by atoms with Gasteiger partial charge in [-0.25, -0.2) is 4.79 Å². The Balaban J connectivity index is 1.99. The number of esters is 1. The molecular formula is C24H29BrN2O5. The van der Waals surface area contributed by atoms with Gasteiger partial charge in [0.1, 0.15) is 12.3 Å². The standard InChI is InChI=1S/C24H29BrN2O5/c1-31-24(30)16-7-8-17-18(11-16)27(19(14-28)21-13-26-9-10-32-21)23(20(29)12-25)22(17)15-5-3-2-4-6-15/h7-8,11,14-15,19,21,26H,2-6,9-10,12-13H2,1H3. The Morgan fingerprint density at radius 3 is 2.72 bits per heavy atom. The molecule has 2 heterocycles. The van der Waals surface area contributed by atoms with Gasteiger partial charge in [0.25, 0.3) is 0 Å². The summed E-state index contributed by atoms with van der Waals surface area (Å²) in [5.74, 6) is -0.283. The molecule has 1 aliphatic carbocycles. The molecule has 0 bridgehead atoms. The van der Waals surface area contributed by atoms with Crippen LogP contribution in [-0.2, 0) is 14.3 Å². The maximum atomic E-state index is 13.3. The van der Waals surface area contributed by atoms with Crippen molar-refractivity contribution in [1.82, 2.24) is 9.88 Å². The van der Waals surface area contributed by atoms with E-state index in [1.54, 1.807) is 12.1 Å². The summed E-state index contributed by atoms with van der Waals surface area (Å²) in [5, 5.41) is 4.35. The molecule has 2 fully saturated rings.